The fourth-order valence-electron chi connectivity index (χ4n) is 2.85. The van der Waals surface area contributed by atoms with Crippen molar-refractivity contribution >= 4 is 8.32 Å². The van der Waals surface area contributed by atoms with Gasteiger partial charge < -0.3 is 24.4 Å². The molecule has 0 bridgehead atoms. The van der Waals surface area contributed by atoms with Crippen molar-refractivity contribution in [1.29, 1.82) is 0 Å². The summed E-state index contributed by atoms with van der Waals surface area (Å²) in [6.07, 6.45) is 0.676. The van der Waals surface area contributed by atoms with Gasteiger partial charge in [-0.2, -0.15) is 0 Å². The molecule has 0 amide bonds. The number of rotatable bonds is 5. The van der Waals surface area contributed by atoms with Gasteiger partial charge in [-0.05, 0) is 38.4 Å². The van der Waals surface area contributed by atoms with Crippen molar-refractivity contribution in [2.24, 2.45) is 5.73 Å². The molecule has 1 heterocycles. The molecule has 0 radical (unpaired) electrons. The molecule has 2 aliphatic rings. The van der Waals surface area contributed by atoms with Crippen molar-refractivity contribution in [2.75, 3.05) is 13.2 Å². The maximum atomic E-state index is 6.15. The van der Waals surface area contributed by atoms with Gasteiger partial charge in [-0.15, -0.1) is 0 Å². The van der Waals surface area contributed by atoms with Gasteiger partial charge in [0.15, 0.2) is 14.1 Å². The maximum Gasteiger partial charge on any atom is 0.192 e. The zero-order valence-corrected chi connectivity index (χ0v) is 16.1. The highest BCUT2D eigenvalue weighted by Gasteiger charge is 2.53. The Morgan fingerprint density at radius 1 is 1.14 bits per heavy atom. The lowest BCUT2D eigenvalue weighted by Gasteiger charge is -2.36. The highest BCUT2D eigenvalue weighted by molar-refractivity contribution is 6.74. The molecular weight excluding hydrogens is 298 g/mol. The van der Waals surface area contributed by atoms with Crippen LogP contribution in [0.3, 0.4) is 0 Å². The summed E-state index contributed by atoms with van der Waals surface area (Å²) in [4.78, 5) is 0. The molecule has 1 unspecified atom stereocenters. The Balaban J connectivity index is 1.79. The predicted octanol–water partition coefficient (Wildman–Crippen LogP) is 2.64. The molecule has 0 spiro atoms. The molecule has 6 heteroatoms. The van der Waals surface area contributed by atoms with Crippen molar-refractivity contribution in [3.05, 3.63) is 0 Å². The molecule has 4 atom stereocenters. The van der Waals surface area contributed by atoms with Gasteiger partial charge in [-0.1, -0.05) is 20.8 Å². The lowest BCUT2D eigenvalue weighted by Crippen LogP contribution is -2.42. The van der Waals surface area contributed by atoms with E-state index in [1.165, 1.54) is 0 Å². The number of ether oxygens (including phenoxy) is 3. The molecule has 0 aromatic carbocycles. The van der Waals surface area contributed by atoms with E-state index in [4.69, 9.17) is 24.4 Å². The van der Waals surface area contributed by atoms with Gasteiger partial charge in [-0.25, -0.2) is 0 Å². The fourth-order valence-corrected chi connectivity index (χ4v) is 3.87. The third-order valence-corrected chi connectivity index (χ3v) is 9.68. The van der Waals surface area contributed by atoms with E-state index in [9.17, 15) is 0 Å². The molecule has 5 nitrogen and oxygen atoms in total. The van der Waals surface area contributed by atoms with Crippen molar-refractivity contribution in [1.82, 2.24) is 0 Å². The van der Waals surface area contributed by atoms with Crippen LogP contribution in [0.25, 0.3) is 0 Å². The summed E-state index contributed by atoms with van der Waals surface area (Å²) in [6.45, 7) is 16.3. The first kappa shape index (κ1) is 18.4. The Morgan fingerprint density at radius 2 is 1.73 bits per heavy atom. The smallest absolute Gasteiger partial charge is 0.192 e. The Kier molecular flexibility index (Phi) is 5.13. The molecular formula is C16H33NO4Si. The number of hydrogen-bond acceptors (Lipinski definition) is 5. The SMILES string of the molecule is CC1(C)O[C@H]2[C@H](N)CC(OCCO[Si](C)(C)C(C)(C)C)[C@H]2O1. The highest BCUT2D eigenvalue weighted by atomic mass is 28.4. The third-order valence-electron chi connectivity index (χ3n) is 5.14. The molecule has 130 valence electrons. The zero-order valence-electron chi connectivity index (χ0n) is 15.1. The second-order valence-corrected chi connectivity index (χ2v) is 13.3. The van der Waals surface area contributed by atoms with Crippen LogP contribution >= 0.6 is 0 Å². The normalized spacial score (nSPS) is 34.9. The first-order chi connectivity index (χ1) is 9.93. The van der Waals surface area contributed by atoms with E-state index in [-0.39, 0.29) is 29.4 Å². The summed E-state index contributed by atoms with van der Waals surface area (Å²) in [5.41, 5.74) is 6.15. The van der Waals surface area contributed by atoms with Crippen LogP contribution in [0.1, 0.15) is 41.0 Å². The summed E-state index contributed by atoms with van der Waals surface area (Å²) >= 11 is 0. The van der Waals surface area contributed by atoms with Crippen LogP contribution in [0.5, 0.6) is 0 Å². The summed E-state index contributed by atoms with van der Waals surface area (Å²) in [5, 5.41) is 0.222. The second-order valence-electron chi connectivity index (χ2n) is 8.48. The van der Waals surface area contributed by atoms with Crippen LogP contribution in [0.4, 0.5) is 0 Å². The summed E-state index contributed by atoms with van der Waals surface area (Å²) in [6, 6.07) is -0.0157. The van der Waals surface area contributed by atoms with Crippen molar-refractivity contribution in [3.63, 3.8) is 0 Å². The van der Waals surface area contributed by atoms with Crippen LogP contribution < -0.4 is 5.73 Å². The molecule has 0 aromatic heterocycles. The first-order valence-corrected chi connectivity index (χ1v) is 11.2. The summed E-state index contributed by atoms with van der Waals surface area (Å²) in [7, 11) is -1.71. The molecule has 2 fully saturated rings. The van der Waals surface area contributed by atoms with E-state index in [0.29, 0.717) is 13.2 Å². The molecule has 1 aliphatic heterocycles. The Morgan fingerprint density at radius 3 is 2.32 bits per heavy atom. The summed E-state index contributed by atoms with van der Waals surface area (Å²) < 4.78 is 24.0. The average molecular weight is 332 g/mol. The van der Waals surface area contributed by atoms with Gasteiger partial charge in [-0.3, -0.25) is 0 Å². The topological polar surface area (TPSA) is 62.9 Å². The van der Waals surface area contributed by atoms with Crippen LogP contribution in [-0.2, 0) is 18.6 Å². The van der Waals surface area contributed by atoms with Gasteiger partial charge in [0.05, 0.1) is 19.3 Å². The molecule has 1 saturated heterocycles. The fraction of sp³-hybridized carbons (Fsp3) is 1.00. The number of fused-ring (bicyclic) bond motifs is 1. The lowest BCUT2D eigenvalue weighted by molar-refractivity contribution is -0.168. The molecule has 2 N–H and O–H groups in total. The lowest BCUT2D eigenvalue weighted by atomic mass is 10.2. The van der Waals surface area contributed by atoms with Crippen molar-refractivity contribution in [3.8, 4) is 0 Å². The van der Waals surface area contributed by atoms with Crippen LogP contribution in [0.2, 0.25) is 18.1 Å². The summed E-state index contributed by atoms with van der Waals surface area (Å²) in [5.74, 6) is -0.563. The van der Waals surface area contributed by atoms with Crippen molar-refractivity contribution < 1.29 is 18.6 Å². The average Bonchev–Trinajstić information content (AvgIpc) is 2.79. The maximum absolute atomic E-state index is 6.15. The predicted molar refractivity (Wildman–Crippen MR) is 89.3 cm³/mol. The monoisotopic (exact) mass is 331 g/mol. The van der Waals surface area contributed by atoms with E-state index in [0.717, 1.165) is 6.42 Å². The molecule has 1 saturated carbocycles. The minimum Gasteiger partial charge on any atom is -0.414 e. The van der Waals surface area contributed by atoms with Crippen molar-refractivity contribution in [2.45, 2.75) is 89.3 Å². The molecule has 22 heavy (non-hydrogen) atoms. The highest BCUT2D eigenvalue weighted by Crippen LogP contribution is 2.39. The second kappa shape index (κ2) is 6.15. The minimum absolute atomic E-state index is 0.00444. The largest absolute Gasteiger partial charge is 0.414 e. The van der Waals surface area contributed by atoms with Gasteiger partial charge >= 0.3 is 0 Å². The molecule has 0 aromatic rings. The number of hydrogen-bond donors (Lipinski definition) is 1. The van der Waals surface area contributed by atoms with E-state index >= 15 is 0 Å². The zero-order chi connectivity index (χ0) is 16.8. The Hall–Kier alpha value is 0.0169. The van der Waals surface area contributed by atoms with Crippen LogP contribution in [-0.4, -0.2) is 51.7 Å². The Labute approximate surface area is 136 Å². The standard InChI is InChI=1S/C16H33NO4Si/c1-15(2,3)22(6,7)19-9-8-18-12-10-11(17)13-14(12)21-16(4,5)20-13/h11-14H,8-10,17H2,1-7H3/t11-,12?,13+,14-/m1/s1. The van der Waals surface area contributed by atoms with Gasteiger partial charge in [0.1, 0.15) is 12.2 Å². The Bertz CT molecular complexity index is 394. The first-order valence-electron chi connectivity index (χ1n) is 8.30. The van der Waals surface area contributed by atoms with Gasteiger partial charge in [0.2, 0.25) is 0 Å². The van der Waals surface area contributed by atoms with E-state index in [1.807, 2.05) is 13.8 Å². The van der Waals surface area contributed by atoms with Gasteiger partial charge in [0.25, 0.3) is 0 Å². The third kappa shape index (κ3) is 3.91. The molecule has 2 rings (SSSR count). The van der Waals surface area contributed by atoms with E-state index in [1.54, 1.807) is 0 Å². The van der Waals surface area contributed by atoms with Crippen LogP contribution in [0, 0.1) is 0 Å². The van der Waals surface area contributed by atoms with E-state index < -0.39 is 14.1 Å². The quantitative estimate of drug-likeness (QED) is 0.620. The van der Waals surface area contributed by atoms with E-state index in [2.05, 4.69) is 33.9 Å². The van der Waals surface area contributed by atoms with Crippen LogP contribution in [0.15, 0.2) is 0 Å². The molecule has 1 aliphatic carbocycles. The van der Waals surface area contributed by atoms with Gasteiger partial charge in [0, 0.05) is 6.04 Å². The minimum atomic E-state index is -1.71. The number of nitrogens with two attached hydrogens (primary N) is 1.